The first kappa shape index (κ1) is 17.4. The summed E-state index contributed by atoms with van der Waals surface area (Å²) >= 11 is 1.45. The average Bonchev–Trinajstić information content (AvgIpc) is 3.18. The number of hydrogen-bond acceptors (Lipinski definition) is 6. The Hall–Kier alpha value is -2.03. The van der Waals surface area contributed by atoms with Gasteiger partial charge in [0, 0.05) is 32.6 Å². The summed E-state index contributed by atoms with van der Waals surface area (Å²) in [5, 5.41) is 15.2. The highest BCUT2D eigenvalue weighted by molar-refractivity contribution is 7.17. The van der Waals surface area contributed by atoms with Gasteiger partial charge in [-0.1, -0.05) is 30.4 Å². The van der Waals surface area contributed by atoms with Gasteiger partial charge in [-0.25, -0.2) is 9.37 Å². The number of halogens is 1. The van der Waals surface area contributed by atoms with Crippen LogP contribution in [0.1, 0.15) is 29.2 Å². The summed E-state index contributed by atoms with van der Waals surface area (Å²) in [5.41, 5.74) is 0.964. The first-order valence-corrected chi connectivity index (χ1v) is 9.64. The third-order valence-corrected chi connectivity index (χ3v) is 5.97. The highest BCUT2D eigenvalue weighted by atomic mass is 32.1. The topological polar surface area (TPSA) is 56.9 Å². The molecule has 0 saturated carbocycles. The zero-order valence-corrected chi connectivity index (χ0v) is 15.7. The van der Waals surface area contributed by atoms with Crippen LogP contribution in [-0.2, 0) is 6.42 Å². The maximum atomic E-state index is 13.4. The van der Waals surface area contributed by atoms with E-state index in [2.05, 4.69) is 26.9 Å². The first-order valence-electron chi connectivity index (χ1n) is 8.82. The second-order valence-corrected chi connectivity index (χ2v) is 7.67. The van der Waals surface area contributed by atoms with Gasteiger partial charge in [0.05, 0.1) is 10.9 Å². The highest BCUT2D eigenvalue weighted by Gasteiger charge is 2.31. The fourth-order valence-electron chi connectivity index (χ4n) is 3.37. The summed E-state index contributed by atoms with van der Waals surface area (Å²) in [4.78, 5) is 10.6. The van der Waals surface area contributed by atoms with Gasteiger partial charge in [-0.3, -0.25) is 4.90 Å². The number of thiazole rings is 1. The minimum atomic E-state index is -0.259. The van der Waals surface area contributed by atoms with Gasteiger partial charge in [-0.2, -0.15) is 4.52 Å². The van der Waals surface area contributed by atoms with E-state index in [1.807, 2.05) is 6.92 Å². The monoisotopic (exact) mass is 375 g/mol. The van der Waals surface area contributed by atoms with E-state index in [1.165, 1.54) is 28.0 Å². The Morgan fingerprint density at radius 2 is 1.88 bits per heavy atom. The minimum absolute atomic E-state index is 0.130. The summed E-state index contributed by atoms with van der Waals surface area (Å²) in [6, 6.07) is 6.40. The van der Waals surface area contributed by atoms with E-state index in [4.69, 9.17) is 0 Å². The fourth-order valence-corrected chi connectivity index (χ4v) is 4.51. The van der Waals surface area contributed by atoms with Crippen LogP contribution in [0.15, 0.2) is 24.3 Å². The van der Waals surface area contributed by atoms with Crippen LogP contribution in [0.2, 0.25) is 0 Å². The maximum Gasteiger partial charge on any atom is 0.230 e. The van der Waals surface area contributed by atoms with Gasteiger partial charge in [0.1, 0.15) is 5.82 Å². The maximum absolute atomic E-state index is 13.4. The van der Waals surface area contributed by atoms with Gasteiger partial charge in [0.25, 0.3) is 0 Å². The lowest BCUT2D eigenvalue weighted by atomic mass is 10.0. The molecule has 3 aromatic rings. The lowest BCUT2D eigenvalue weighted by Gasteiger charge is -2.37. The van der Waals surface area contributed by atoms with Crippen LogP contribution in [0, 0.1) is 5.82 Å². The van der Waals surface area contributed by atoms with Gasteiger partial charge < -0.3 is 10.0 Å². The number of rotatable bonds is 4. The zero-order chi connectivity index (χ0) is 18.3. The fraction of sp³-hybridized carbons (Fsp3) is 0.444. The molecule has 1 atom stereocenters. The second-order valence-electron chi connectivity index (χ2n) is 6.66. The Bertz CT molecular complexity index is 898. The van der Waals surface area contributed by atoms with Gasteiger partial charge in [-0.15, -0.1) is 5.10 Å². The molecule has 1 aliphatic heterocycles. The van der Waals surface area contributed by atoms with Crippen LogP contribution in [0.5, 0.6) is 5.88 Å². The van der Waals surface area contributed by atoms with Crippen molar-refractivity contribution < 1.29 is 9.50 Å². The zero-order valence-electron chi connectivity index (χ0n) is 14.9. The molecule has 1 aromatic carbocycles. The molecule has 0 aliphatic carbocycles. The first-order chi connectivity index (χ1) is 12.6. The smallest absolute Gasteiger partial charge is 0.230 e. The number of benzene rings is 1. The normalized spacial score (nSPS) is 17.8. The molecular formula is C18H22FN5OS. The summed E-state index contributed by atoms with van der Waals surface area (Å²) < 4.78 is 15.0. The molecule has 0 bridgehead atoms. The molecule has 0 radical (unpaired) electrons. The molecule has 8 heteroatoms. The number of fused-ring (bicyclic) bond motifs is 1. The molecule has 0 amide bonds. The van der Waals surface area contributed by atoms with Crippen LogP contribution < -0.4 is 0 Å². The molecule has 1 fully saturated rings. The molecule has 26 heavy (non-hydrogen) atoms. The SMILES string of the molecule is CCc1nc2sc([C@@H](c3ccc(F)cc3)N3CCN(C)CC3)c(O)n2n1. The minimum Gasteiger partial charge on any atom is -0.492 e. The van der Waals surface area contributed by atoms with Crippen molar-refractivity contribution in [2.45, 2.75) is 19.4 Å². The number of hydrogen-bond donors (Lipinski definition) is 1. The van der Waals surface area contributed by atoms with Gasteiger partial charge >= 0.3 is 0 Å². The van der Waals surface area contributed by atoms with Crippen LogP contribution in [-0.4, -0.2) is 62.7 Å². The summed E-state index contributed by atoms with van der Waals surface area (Å²) in [7, 11) is 2.11. The Morgan fingerprint density at radius 1 is 1.19 bits per heavy atom. The van der Waals surface area contributed by atoms with E-state index in [1.54, 1.807) is 12.1 Å². The Kier molecular flexibility index (Phi) is 4.64. The van der Waals surface area contributed by atoms with E-state index < -0.39 is 0 Å². The number of aromatic hydroxyl groups is 1. The number of likely N-dealkylation sites (N-methyl/N-ethyl adjacent to an activating group) is 1. The third kappa shape index (κ3) is 3.08. The summed E-state index contributed by atoms with van der Waals surface area (Å²) in [5.74, 6) is 0.590. The van der Waals surface area contributed by atoms with E-state index in [0.29, 0.717) is 4.96 Å². The summed E-state index contributed by atoms with van der Waals surface area (Å²) in [6.45, 7) is 5.67. The average molecular weight is 375 g/mol. The van der Waals surface area contributed by atoms with E-state index in [9.17, 15) is 9.50 Å². The Balaban J connectivity index is 1.78. The largest absolute Gasteiger partial charge is 0.492 e. The molecule has 4 rings (SSSR count). The van der Waals surface area contributed by atoms with Crippen LogP contribution in [0.3, 0.4) is 0 Å². The van der Waals surface area contributed by atoms with Crippen molar-refractivity contribution in [3.8, 4) is 5.88 Å². The van der Waals surface area contributed by atoms with Crippen molar-refractivity contribution in [1.29, 1.82) is 0 Å². The van der Waals surface area contributed by atoms with Crippen molar-refractivity contribution >= 4 is 16.3 Å². The highest BCUT2D eigenvalue weighted by Crippen LogP contribution is 2.40. The molecule has 1 aliphatic rings. The van der Waals surface area contributed by atoms with Crippen molar-refractivity contribution in [2.24, 2.45) is 0 Å². The Morgan fingerprint density at radius 3 is 2.50 bits per heavy atom. The Labute approximate surface area is 155 Å². The lowest BCUT2D eigenvalue weighted by molar-refractivity contribution is 0.127. The van der Waals surface area contributed by atoms with Crippen LogP contribution >= 0.6 is 11.3 Å². The number of aromatic nitrogens is 3. The van der Waals surface area contributed by atoms with Crippen molar-refractivity contribution in [2.75, 3.05) is 33.2 Å². The van der Waals surface area contributed by atoms with E-state index in [-0.39, 0.29) is 17.7 Å². The molecule has 0 spiro atoms. The quantitative estimate of drug-likeness (QED) is 0.759. The number of aryl methyl sites for hydroxylation is 1. The number of nitrogens with zero attached hydrogens (tertiary/aromatic N) is 5. The number of piperazine rings is 1. The summed E-state index contributed by atoms with van der Waals surface area (Å²) in [6.07, 6.45) is 0.725. The second kappa shape index (κ2) is 6.94. The van der Waals surface area contributed by atoms with E-state index in [0.717, 1.165) is 48.9 Å². The molecule has 1 saturated heterocycles. The standard InChI is InChI=1S/C18H22FN5OS/c1-3-14-20-18-24(21-14)17(25)16(26-18)15(12-4-6-13(19)7-5-12)23-10-8-22(2)9-11-23/h4-7,15,25H,3,8-11H2,1-2H3/t15-/m1/s1. The van der Waals surface area contributed by atoms with Crippen LogP contribution in [0.25, 0.3) is 4.96 Å². The van der Waals surface area contributed by atoms with Crippen molar-refractivity contribution in [3.63, 3.8) is 0 Å². The van der Waals surface area contributed by atoms with Gasteiger partial charge in [0.15, 0.2) is 5.82 Å². The molecule has 2 aromatic heterocycles. The van der Waals surface area contributed by atoms with E-state index >= 15 is 0 Å². The van der Waals surface area contributed by atoms with Crippen LogP contribution in [0.4, 0.5) is 4.39 Å². The molecule has 0 unspecified atom stereocenters. The predicted molar refractivity (Wildman–Crippen MR) is 99.2 cm³/mol. The molecule has 3 heterocycles. The van der Waals surface area contributed by atoms with Crippen molar-refractivity contribution in [3.05, 3.63) is 46.3 Å². The van der Waals surface area contributed by atoms with Crippen molar-refractivity contribution in [1.82, 2.24) is 24.4 Å². The van der Waals surface area contributed by atoms with Gasteiger partial charge in [-0.05, 0) is 24.7 Å². The molecule has 138 valence electrons. The predicted octanol–water partition coefficient (Wildman–Crippen LogP) is 2.53. The third-order valence-electron chi connectivity index (χ3n) is 4.90. The molecule has 1 N–H and O–H groups in total. The molecular weight excluding hydrogens is 353 g/mol. The van der Waals surface area contributed by atoms with Gasteiger partial charge in [0.2, 0.25) is 10.8 Å². The lowest BCUT2D eigenvalue weighted by Crippen LogP contribution is -2.46. The molecule has 6 nitrogen and oxygen atoms in total.